The molecule has 4 rings (SSSR count). The molecule has 254 valence electrons. The molecule has 0 heterocycles. The predicted octanol–water partition coefficient (Wildman–Crippen LogP) is 12.5. The van der Waals surface area contributed by atoms with E-state index in [9.17, 15) is 15.5 Å². The van der Waals surface area contributed by atoms with E-state index in [1.165, 1.54) is 5.56 Å². The summed E-state index contributed by atoms with van der Waals surface area (Å²) >= 11 is -0.556. The molecule has 0 radical (unpaired) electrons. The Morgan fingerprint density at radius 3 is 1.57 bits per heavy atom. The van der Waals surface area contributed by atoms with Crippen LogP contribution in [0.4, 0.5) is 11.4 Å². The van der Waals surface area contributed by atoms with E-state index in [1.807, 2.05) is 116 Å². The summed E-state index contributed by atoms with van der Waals surface area (Å²) in [7, 11) is 9.78. The Balaban J connectivity index is 0.000000319. The van der Waals surface area contributed by atoms with Crippen LogP contribution in [0.25, 0.3) is 11.5 Å². The fourth-order valence-electron chi connectivity index (χ4n) is 5.78. The Hall–Kier alpha value is -3.92. The number of hydrogen-bond donors (Lipinski definition) is 2. The van der Waals surface area contributed by atoms with Gasteiger partial charge in [0.15, 0.2) is 0 Å². The first-order valence-electron chi connectivity index (χ1n) is 15.7. The molecule has 8 heteroatoms. The van der Waals surface area contributed by atoms with Crippen molar-refractivity contribution in [3.8, 4) is 6.07 Å². The number of aliphatic hydroxyl groups excluding tert-OH is 2. The second-order valence-electron chi connectivity index (χ2n) is 12.0. The van der Waals surface area contributed by atoms with Crippen molar-refractivity contribution in [2.75, 3.05) is 0 Å². The van der Waals surface area contributed by atoms with E-state index in [0.717, 1.165) is 61.6 Å². The molecule has 0 unspecified atom stereocenters. The molecule has 0 fully saturated rings. The van der Waals surface area contributed by atoms with Gasteiger partial charge in [-0.15, -0.1) is 0 Å². The van der Waals surface area contributed by atoms with Crippen LogP contribution >= 0.6 is 18.6 Å². The van der Waals surface area contributed by atoms with Gasteiger partial charge in [-0.25, -0.2) is 0 Å². The van der Waals surface area contributed by atoms with E-state index in [-0.39, 0.29) is 17.1 Å². The van der Waals surface area contributed by atoms with Gasteiger partial charge in [-0.05, 0) is 115 Å². The molecule has 0 bridgehead atoms. The van der Waals surface area contributed by atoms with Gasteiger partial charge in [-0.1, -0.05) is 71.8 Å². The maximum absolute atomic E-state index is 10.8. The summed E-state index contributed by atoms with van der Waals surface area (Å²) in [5.41, 5.74) is 13.3. The third-order valence-corrected chi connectivity index (χ3v) is 7.68. The minimum atomic E-state index is -0.556. The number of nitrogens with zero attached hydrogens (tertiary/aromatic N) is 3. The van der Waals surface area contributed by atoms with Crippen LogP contribution in [0.3, 0.4) is 0 Å². The van der Waals surface area contributed by atoms with Gasteiger partial charge in [-0.3, -0.25) is 9.98 Å². The van der Waals surface area contributed by atoms with Gasteiger partial charge in [0.05, 0.1) is 17.1 Å². The number of aryl methyl sites for hydroxylation is 8. The zero-order valence-corrected chi connectivity index (χ0v) is 33.1. The molecule has 0 aliphatic carbocycles. The molecule has 0 saturated carbocycles. The maximum atomic E-state index is 10.8. The monoisotopic (exact) mass is 729 g/mol. The van der Waals surface area contributed by atoms with E-state index in [0.29, 0.717) is 11.3 Å². The molecule has 0 saturated heterocycles. The van der Waals surface area contributed by atoms with E-state index >= 15 is 0 Å². The summed E-state index contributed by atoms with van der Waals surface area (Å²) in [6.45, 7) is 19.6. The van der Waals surface area contributed by atoms with Gasteiger partial charge in [0.2, 0.25) is 0 Å². The van der Waals surface area contributed by atoms with Crippen LogP contribution in [0.5, 0.6) is 0 Å². The molecule has 0 spiro atoms. The summed E-state index contributed by atoms with van der Waals surface area (Å²) in [5.74, 6) is 0.257. The Bertz CT molecular complexity index is 1870. The Morgan fingerprint density at radius 2 is 1.12 bits per heavy atom. The first-order valence-corrected chi connectivity index (χ1v) is 20.0. The summed E-state index contributed by atoms with van der Waals surface area (Å²) < 4.78 is 0. The van der Waals surface area contributed by atoms with Crippen LogP contribution in [0.1, 0.15) is 69.5 Å². The third kappa shape index (κ3) is 12.2. The van der Waals surface area contributed by atoms with Gasteiger partial charge >= 0.3 is 35.6 Å². The first-order chi connectivity index (χ1) is 23.1. The molecule has 4 aromatic rings. The van der Waals surface area contributed by atoms with Crippen LogP contribution in [0.2, 0.25) is 0 Å². The molecule has 0 aliphatic heterocycles. The third-order valence-electron chi connectivity index (χ3n) is 7.68. The van der Waals surface area contributed by atoms with Gasteiger partial charge in [0.1, 0.15) is 23.2 Å². The summed E-state index contributed by atoms with van der Waals surface area (Å²) in [5, 5.41) is 30.8. The van der Waals surface area contributed by atoms with Gasteiger partial charge in [0, 0.05) is 22.9 Å². The normalized spacial score (nSPS) is 12.1. The average molecular weight is 731 g/mol. The van der Waals surface area contributed by atoms with Crippen LogP contribution < -0.4 is 0 Å². The molecule has 4 aromatic carbocycles. The van der Waals surface area contributed by atoms with E-state index < -0.39 is 17.0 Å². The van der Waals surface area contributed by atoms with Crippen molar-refractivity contribution in [1.29, 1.82) is 5.26 Å². The zero-order valence-electron chi connectivity index (χ0n) is 30.0. The molecule has 0 amide bonds. The predicted molar refractivity (Wildman–Crippen MR) is 207 cm³/mol. The molecule has 0 aromatic heterocycles. The fraction of sp³-hybridized carbons (Fsp3) is 0.244. The molecular formula is C41H45Cl2N3O2Ti. The second kappa shape index (κ2) is 19.9. The molecular weight excluding hydrogens is 685 g/mol. The van der Waals surface area contributed by atoms with Crippen molar-refractivity contribution >= 4 is 52.9 Å². The summed E-state index contributed by atoms with van der Waals surface area (Å²) in [6.07, 6.45) is 1.72. The van der Waals surface area contributed by atoms with Gasteiger partial charge in [-0.2, -0.15) is 5.26 Å². The van der Waals surface area contributed by atoms with E-state index in [4.69, 9.17) is 18.6 Å². The number of halogens is 2. The summed E-state index contributed by atoms with van der Waals surface area (Å²) in [6, 6.07) is 26.0. The van der Waals surface area contributed by atoms with Gasteiger partial charge in [0.25, 0.3) is 0 Å². The number of aliphatic imine (C=N–C) groups is 2. The number of benzene rings is 4. The topological polar surface area (TPSA) is 89.0 Å². The molecule has 2 N–H and O–H groups in total. The number of rotatable bonds is 6. The first kappa shape index (κ1) is 41.3. The van der Waals surface area contributed by atoms with Crippen molar-refractivity contribution < 1.29 is 27.2 Å². The van der Waals surface area contributed by atoms with Crippen LogP contribution in [0, 0.1) is 66.7 Å². The van der Waals surface area contributed by atoms with Crippen LogP contribution in [-0.2, 0) is 17.0 Å². The van der Waals surface area contributed by atoms with Crippen molar-refractivity contribution in [2.24, 2.45) is 9.98 Å². The Morgan fingerprint density at radius 1 is 0.673 bits per heavy atom. The SMILES string of the molecule is CC(/C=C(\O)c1c(C)cc(C)cc1C)=Nc1ccccc1.CC(=Nc1c(C)cccc1C)/C(C#N)=C(\O)c1c(C)cc(C)cc1C.[Cl][Ti][Cl]. The van der Waals surface area contributed by atoms with Crippen LogP contribution in [-0.4, -0.2) is 21.6 Å². The van der Waals surface area contributed by atoms with Crippen molar-refractivity contribution in [2.45, 2.75) is 69.2 Å². The second-order valence-corrected chi connectivity index (χ2v) is 14.6. The van der Waals surface area contributed by atoms with Crippen molar-refractivity contribution in [3.63, 3.8) is 0 Å². The zero-order chi connectivity index (χ0) is 36.8. The molecule has 5 nitrogen and oxygen atoms in total. The van der Waals surface area contributed by atoms with Gasteiger partial charge < -0.3 is 10.2 Å². The number of allylic oxidation sites excluding steroid dienone is 2. The Kier molecular flexibility index (Phi) is 16.8. The van der Waals surface area contributed by atoms with Crippen molar-refractivity contribution in [1.82, 2.24) is 0 Å². The Labute approximate surface area is 309 Å². The number of para-hydroxylation sites is 2. The van der Waals surface area contributed by atoms with E-state index in [2.05, 4.69) is 35.1 Å². The molecule has 0 aliphatic rings. The molecule has 49 heavy (non-hydrogen) atoms. The average Bonchev–Trinajstić information content (AvgIpc) is 2.99. The van der Waals surface area contributed by atoms with Crippen LogP contribution in [0.15, 0.2) is 94.4 Å². The number of nitriles is 1. The fourth-order valence-corrected chi connectivity index (χ4v) is 5.78. The number of hydrogen-bond acceptors (Lipinski definition) is 5. The van der Waals surface area contributed by atoms with Crippen molar-refractivity contribution in [3.05, 3.63) is 140 Å². The standard InChI is InChI=1S/C22H24N2O.C19H21NO.2ClH.Ti/c1-13-10-16(4)20(17(5)11-13)22(25)19(12-23)18(6)24-21-14(2)8-7-9-15(21)3;1-13-10-14(2)19(15(3)11-13)18(21)12-16(4)20-17-8-6-5-7-9-17;;;/h7-11,25H,1-6H3;5-12,21H,1-4H3;2*1H;/q;;;;+2/p-2/b22-19-,24-18?;18-12-,20-16?;;;. The quantitative estimate of drug-likeness (QED) is 0.0896. The summed E-state index contributed by atoms with van der Waals surface area (Å²) in [4.78, 5) is 9.11. The minimum absolute atomic E-state index is 0.00927. The number of aliphatic hydroxyl groups is 2. The van der Waals surface area contributed by atoms with E-state index in [1.54, 1.807) is 13.0 Å². The molecule has 0 atom stereocenters.